The van der Waals surface area contributed by atoms with Crippen LogP contribution in [0.15, 0.2) is 12.2 Å². The lowest BCUT2D eigenvalue weighted by Crippen LogP contribution is -2.58. The van der Waals surface area contributed by atoms with Gasteiger partial charge in [-0.25, -0.2) is 0 Å². The molecule has 0 bridgehead atoms. The van der Waals surface area contributed by atoms with Gasteiger partial charge < -0.3 is 25.2 Å². The van der Waals surface area contributed by atoms with E-state index in [1.165, 1.54) is 64.2 Å². The lowest BCUT2D eigenvalue weighted by atomic mass is 9.85. The van der Waals surface area contributed by atoms with E-state index < -0.39 is 35.2 Å². The maximum Gasteiger partial charge on any atom is 0.308 e. The summed E-state index contributed by atoms with van der Waals surface area (Å²) in [6, 6.07) is -0.550. The molecule has 0 aromatic rings. The van der Waals surface area contributed by atoms with Crippen LogP contribution < -0.4 is 10.6 Å². The molecule has 1 aliphatic heterocycles. The summed E-state index contributed by atoms with van der Waals surface area (Å²) < 4.78 is 11.6. The van der Waals surface area contributed by atoms with Crippen LogP contribution in [0.25, 0.3) is 0 Å². The third-order valence-electron chi connectivity index (χ3n) is 8.36. The second-order valence-electron chi connectivity index (χ2n) is 13.6. The van der Waals surface area contributed by atoms with E-state index in [0.717, 1.165) is 19.3 Å². The van der Waals surface area contributed by atoms with Crippen molar-refractivity contribution in [3.8, 4) is 0 Å². The molecule has 1 heterocycles. The van der Waals surface area contributed by atoms with Gasteiger partial charge >= 0.3 is 5.97 Å². The minimum atomic E-state index is -0.937. The Morgan fingerprint density at radius 1 is 0.860 bits per heavy atom. The number of hydrogen-bond acceptors (Lipinski definition) is 5. The first-order valence-electron chi connectivity index (χ1n) is 17.2. The Morgan fingerprint density at radius 2 is 1.44 bits per heavy atom. The standard InChI is InChI=1S/C35H64N2O6/c1-7-8-9-10-11-12-13-14-15-16-17-18-19-20-21-25-30(38)36-26-23-22-24-29(33(40)41)28(2)37-32(39)31-34(3,4)27-42-35(5,6)43-31/h14-15,28-29,31H,7-13,16-27H2,1-6H3,(H,36,38)(H,37,39)(H,40,41)/b15-14-. The summed E-state index contributed by atoms with van der Waals surface area (Å²) in [6.45, 7) is 12.2. The Balaban J connectivity index is 2.13. The van der Waals surface area contributed by atoms with Gasteiger partial charge in [0.15, 0.2) is 5.79 Å². The predicted octanol–water partition coefficient (Wildman–Crippen LogP) is 7.69. The highest BCUT2D eigenvalue weighted by molar-refractivity contribution is 5.83. The van der Waals surface area contributed by atoms with Gasteiger partial charge in [-0.05, 0) is 65.7 Å². The van der Waals surface area contributed by atoms with Gasteiger partial charge in [0.25, 0.3) is 0 Å². The molecule has 0 aliphatic carbocycles. The van der Waals surface area contributed by atoms with Crippen molar-refractivity contribution >= 4 is 17.8 Å². The van der Waals surface area contributed by atoms with Crippen molar-refractivity contribution in [3.63, 3.8) is 0 Å². The van der Waals surface area contributed by atoms with Gasteiger partial charge in [0, 0.05) is 24.4 Å². The van der Waals surface area contributed by atoms with Crippen molar-refractivity contribution in [2.45, 2.75) is 169 Å². The Labute approximate surface area is 262 Å². The summed E-state index contributed by atoms with van der Waals surface area (Å²) in [5, 5.41) is 15.6. The third kappa shape index (κ3) is 17.8. The molecule has 8 heteroatoms. The molecule has 250 valence electrons. The number of rotatable bonds is 24. The number of carboxylic acid groups (broad SMARTS) is 1. The van der Waals surface area contributed by atoms with Crippen LogP contribution in [0.4, 0.5) is 0 Å². The minimum absolute atomic E-state index is 0.0649. The number of carbonyl (C=O) groups excluding carboxylic acids is 2. The van der Waals surface area contributed by atoms with Crippen LogP contribution in [0.5, 0.6) is 0 Å². The van der Waals surface area contributed by atoms with E-state index in [-0.39, 0.29) is 11.8 Å². The molecule has 0 aromatic heterocycles. The van der Waals surface area contributed by atoms with Crippen LogP contribution in [-0.2, 0) is 23.9 Å². The fraction of sp³-hybridized carbons (Fsp3) is 0.857. The number of carboxylic acids is 1. The van der Waals surface area contributed by atoms with Crippen LogP contribution in [0.2, 0.25) is 0 Å². The lowest BCUT2D eigenvalue weighted by molar-refractivity contribution is -0.304. The lowest BCUT2D eigenvalue weighted by Gasteiger charge is -2.45. The first-order valence-corrected chi connectivity index (χ1v) is 17.2. The van der Waals surface area contributed by atoms with E-state index in [1.54, 1.807) is 20.8 Å². The monoisotopic (exact) mass is 608 g/mol. The molecule has 1 fully saturated rings. The van der Waals surface area contributed by atoms with Crippen molar-refractivity contribution < 1.29 is 29.0 Å². The smallest absolute Gasteiger partial charge is 0.308 e. The highest BCUT2D eigenvalue weighted by atomic mass is 16.7. The average molecular weight is 609 g/mol. The molecule has 0 radical (unpaired) electrons. The summed E-state index contributed by atoms with van der Waals surface area (Å²) in [4.78, 5) is 37.1. The van der Waals surface area contributed by atoms with Gasteiger partial charge in [-0.2, -0.15) is 0 Å². The van der Waals surface area contributed by atoms with E-state index >= 15 is 0 Å². The highest BCUT2D eigenvalue weighted by Gasteiger charge is 2.46. The first kappa shape index (κ1) is 39.1. The number of allylic oxidation sites excluding steroid dienone is 2. The Bertz CT molecular complexity index is 825. The summed E-state index contributed by atoms with van der Waals surface area (Å²) >= 11 is 0. The number of amides is 2. The number of unbranched alkanes of at least 4 members (excludes halogenated alkanes) is 12. The Hall–Kier alpha value is -1.93. The van der Waals surface area contributed by atoms with Crippen LogP contribution in [-0.4, -0.2) is 54.0 Å². The predicted molar refractivity (Wildman–Crippen MR) is 174 cm³/mol. The normalized spacial score (nSPS) is 19.2. The van der Waals surface area contributed by atoms with Gasteiger partial charge in [-0.1, -0.05) is 90.7 Å². The number of aliphatic carboxylic acids is 1. The van der Waals surface area contributed by atoms with Crippen molar-refractivity contribution in [1.82, 2.24) is 10.6 Å². The molecule has 1 rings (SSSR count). The van der Waals surface area contributed by atoms with Crippen LogP contribution in [0, 0.1) is 11.3 Å². The molecule has 8 nitrogen and oxygen atoms in total. The van der Waals surface area contributed by atoms with E-state index in [9.17, 15) is 19.5 Å². The Morgan fingerprint density at radius 3 is 2.05 bits per heavy atom. The quantitative estimate of drug-likeness (QED) is 0.0764. The molecular formula is C35H64N2O6. The summed E-state index contributed by atoms with van der Waals surface area (Å²) in [5.41, 5.74) is -0.528. The molecule has 43 heavy (non-hydrogen) atoms. The van der Waals surface area contributed by atoms with Crippen LogP contribution >= 0.6 is 0 Å². The van der Waals surface area contributed by atoms with Gasteiger partial charge in [0.1, 0.15) is 6.10 Å². The number of hydrogen-bond donors (Lipinski definition) is 3. The minimum Gasteiger partial charge on any atom is -0.481 e. The summed E-state index contributed by atoms with van der Waals surface area (Å²) in [5.74, 6) is -2.78. The number of carbonyl (C=O) groups is 3. The molecule has 0 spiro atoms. The Kier molecular flexibility index (Phi) is 19.7. The fourth-order valence-electron chi connectivity index (χ4n) is 5.47. The largest absolute Gasteiger partial charge is 0.481 e. The molecule has 3 atom stereocenters. The average Bonchev–Trinajstić information content (AvgIpc) is 2.93. The molecular weight excluding hydrogens is 544 g/mol. The SMILES string of the molecule is CCCCCCCC/C=C\CCCCCCCC(=O)NCCCCC(C(=O)O)C(C)NC(=O)C1OC(C)(C)OCC1(C)C. The molecule has 3 N–H and O–H groups in total. The topological polar surface area (TPSA) is 114 Å². The molecule has 0 saturated carbocycles. The zero-order valence-corrected chi connectivity index (χ0v) is 28.3. The molecule has 1 saturated heterocycles. The molecule has 2 amide bonds. The maximum atomic E-state index is 13.0. The van der Waals surface area contributed by atoms with Gasteiger partial charge in [-0.3, -0.25) is 14.4 Å². The first-order chi connectivity index (χ1) is 20.4. The summed E-state index contributed by atoms with van der Waals surface area (Å²) in [6.07, 6.45) is 22.3. The van der Waals surface area contributed by atoms with Crippen LogP contribution in [0.3, 0.4) is 0 Å². The van der Waals surface area contributed by atoms with E-state index in [1.807, 2.05) is 13.8 Å². The van der Waals surface area contributed by atoms with E-state index in [2.05, 4.69) is 29.7 Å². The van der Waals surface area contributed by atoms with Gasteiger partial charge in [0.2, 0.25) is 11.8 Å². The van der Waals surface area contributed by atoms with E-state index in [0.29, 0.717) is 38.8 Å². The highest BCUT2D eigenvalue weighted by Crippen LogP contribution is 2.35. The number of ether oxygens (including phenoxy) is 2. The van der Waals surface area contributed by atoms with Crippen molar-refractivity contribution in [2.24, 2.45) is 11.3 Å². The molecule has 3 unspecified atom stereocenters. The zero-order valence-electron chi connectivity index (χ0n) is 28.3. The second kappa shape index (κ2) is 21.7. The van der Waals surface area contributed by atoms with Gasteiger partial charge in [-0.15, -0.1) is 0 Å². The summed E-state index contributed by atoms with van der Waals surface area (Å²) in [7, 11) is 0. The molecule has 1 aliphatic rings. The zero-order chi connectivity index (χ0) is 32.1. The fourth-order valence-corrected chi connectivity index (χ4v) is 5.47. The van der Waals surface area contributed by atoms with Crippen molar-refractivity contribution in [2.75, 3.05) is 13.2 Å². The maximum absolute atomic E-state index is 13.0. The number of nitrogens with one attached hydrogen (secondary N) is 2. The molecule has 0 aromatic carbocycles. The second-order valence-corrected chi connectivity index (χ2v) is 13.6. The van der Waals surface area contributed by atoms with Gasteiger partial charge in [0.05, 0.1) is 12.5 Å². The van der Waals surface area contributed by atoms with Crippen LogP contribution in [0.1, 0.15) is 151 Å². The van der Waals surface area contributed by atoms with Crippen molar-refractivity contribution in [3.05, 3.63) is 12.2 Å². The third-order valence-corrected chi connectivity index (χ3v) is 8.36. The van der Waals surface area contributed by atoms with Crippen molar-refractivity contribution in [1.29, 1.82) is 0 Å². The van der Waals surface area contributed by atoms with E-state index in [4.69, 9.17) is 9.47 Å².